The molecule has 1 saturated carbocycles. The van der Waals surface area contributed by atoms with Crippen LogP contribution in [0.3, 0.4) is 0 Å². The lowest BCUT2D eigenvalue weighted by molar-refractivity contribution is -0.448. The number of aryl methyl sites for hydroxylation is 1. The van der Waals surface area contributed by atoms with Crippen molar-refractivity contribution in [2.24, 2.45) is 0 Å². The van der Waals surface area contributed by atoms with Gasteiger partial charge in [0.05, 0.1) is 16.4 Å². The van der Waals surface area contributed by atoms with Crippen LogP contribution in [0.15, 0.2) is 99.7 Å². The highest BCUT2D eigenvalue weighted by Crippen LogP contribution is 2.58. The van der Waals surface area contributed by atoms with Crippen molar-refractivity contribution in [3.8, 4) is 0 Å². The number of nitrogens with zero attached hydrogens (tertiary/aromatic N) is 2. The Bertz CT molecular complexity index is 2570. The number of hydrogen-bond acceptors (Lipinski definition) is 9. The molecular formula is C41H49N2O11S3+. The molecule has 2 aliphatic heterocycles. The largest absolute Gasteiger partial charge is 0.390 e. The van der Waals surface area contributed by atoms with Crippen molar-refractivity contribution < 1.29 is 53.7 Å². The SMILES string of the molecule is Cc1ccc2c(c1)C1(C)CCC(C3=CC(=CC=CC=C4CCC5(C)C4=[N+](CC(O)CS(=O)(=O)O)c4ccc(S(=O)(=O)O)cc45)CCC3)=C1N2CC(O)CS(=O)(=O)O. The molecule has 57 heavy (non-hydrogen) atoms. The van der Waals surface area contributed by atoms with Crippen molar-refractivity contribution in [2.45, 2.75) is 93.7 Å². The van der Waals surface area contributed by atoms with Gasteiger partial charge in [-0.05, 0) is 106 Å². The highest BCUT2D eigenvalue weighted by Gasteiger charge is 2.55. The van der Waals surface area contributed by atoms with Gasteiger partial charge in [-0.25, -0.2) is 0 Å². The average Bonchev–Trinajstić information content (AvgIpc) is 3.76. The first-order valence-electron chi connectivity index (χ1n) is 19.0. The van der Waals surface area contributed by atoms with E-state index in [-0.39, 0.29) is 23.4 Å². The highest BCUT2D eigenvalue weighted by molar-refractivity contribution is 7.86. The van der Waals surface area contributed by atoms with Gasteiger partial charge in [0.1, 0.15) is 17.6 Å². The number of aliphatic hydroxyl groups excluding tert-OH is 2. The smallest absolute Gasteiger partial charge is 0.294 e. The molecule has 7 rings (SSSR count). The molecule has 2 heterocycles. The van der Waals surface area contributed by atoms with Crippen LogP contribution < -0.4 is 4.90 Å². The van der Waals surface area contributed by atoms with Crippen LogP contribution in [0.4, 0.5) is 11.4 Å². The summed E-state index contributed by atoms with van der Waals surface area (Å²) in [7, 11) is -13.3. The maximum atomic E-state index is 12.1. The molecule has 2 aromatic carbocycles. The predicted octanol–water partition coefficient (Wildman–Crippen LogP) is 5.23. The van der Waals surface area contributed by atoms with Crippen LogP contribution in [0, 0.1) is 6.92 Å². The summed E-state index contributed by atoms with van der Waals surface area (Å²) in [6.45, 7) is 6.06. The molecular weight excluding hydrogens is 793 g/mol. The lowest BCUT2D eigenvalue weighted by Gasteiger charge is -2.29. The zero-order valence-electron chi connectivity index (χ0n) is 32.1. The van der Waals surface area contributed by atoms with Crippen LogP contribution in [0.5, 0.6) is 0 Å². The summed E-state index contributed by atoms with van der Waals surface area (Å²) in [6, 6.07) is 10.4. The molecule has 306 valence electrons. The molecule has 0 aromatic heterocycles. The second-order valence-electron chi connectivity index (χ2n) is 16.4. The summed E-state index contributed by atoms with van der Waals surface area (Å²) in [4.78, 5) is 1.78. The quantitative estimate of drug-likeness (QED) is 0.137. The van der Waals surface area contributed by atoms with E-state index in [0.29, 0.717) is 24.1 Å². The molecule has 5 aliphatic rings. The Morgan fingerprint density at radius 1 is 0.807 bits per heavy atom. The molecule has 4 unspecified atom stereocenters. The van der Waals surface area contributed by atoms with E-state index in [0.717, 1.165) is 71.5 Å². The second kappa shape index (κ2) is 14.8. The van der Waals surface area contributed by atoms with Gasteiger partial charge in [0.25, 0.3) is 30.4 Å². The van der Waals surface area contributed by atoms with E-state index in [1.165, 1.54) is 29.3 Å². The van der Waals surface area contributed by atoms with Gasteiger partial charge in [0, 0.05) is 40.5 Å². The first kappa shape index (κ1) is 41.4. The van der Waals surface area contributed by atoms with Crippen molar-refractivity contribution in [2.75, 3.05) is 29.5 Å². The van der Waals surface area contributed by atoms with Gasteiger partial charge in [0.15, 0.2) is 12.3 Å². The minimum absolute atomic E-state index is 0.0272. The molecule has 0 amide bonds. The Kier molecular flexibility index (Phi) is 10.8. The number of rotatable bonds is 12. The minimum atomic E-state index is -4.50. The number of anilines is 1. The first-order valence-corrected chi connectivity index (χ1v) is 23.7. The van der Waals surface area contributed by atoms with E-state index in [1.54, 1.807) is 4.58 Å². The Hall–Kier alpha value is -3.74. The Morgan fingerprint density at radius 3 is 2.19 bits per heavy atom. The summed E-state index contributed by atoms with van der Waals surface area (Å²) in [5, 5.41) is 21.5. The van der Waals surface area contributed by atoms with Gasteiger partial charge in [0.2, 0.25) is 5.69 Å². The Morgan fingerprint density at radius 2 is 1.49 bits per heavy atom. The fourth-order valence-electron chi connectivity index (χ4n) is 9.74. The molecule has 0 bridgehead atoms. The topological polar surface area (TPSA) is 210 Å². The van der Waals surface area contributed by atoms with E-state index in [1.807, 2.05) is 49.1 Å². The number of benzene rings is 2. The number of allylic oxidation sites excluding steroid dienone is 10. The van der Waals surface area contributed by atoms with Crippen LogP contribution >= 0.6 is 0 Å². The number of β-amino-alcohol motifs (C(OH)–C–C–N with tert-alkyl or cyclic N) is 2. The molecule has 5 N–H and O–H groups in total. The van der Waals surface area contributed by atoms with Crippen molar-refractivity contribution in [3.63, 3.8) is 0 Å². The van der Waals surface area contributed by atoms with Crippen molar-refractivity contribution in [1.82, 2.24) is 0 Å². The molecule has 13 nitrogen and oxygen atoms in total. The van der Waals surface area contributed by atoms with E-state index in [9.17, 15) is 49.1 Å². The summed E-state index contributed by atoms with van der Waals surface area (Å²) in [5.41, 5.74) is 9.68. The molecule has 0 saturated heterocycles. The van der Waals surface area contributed by atoms with Gasteiger partial charge >= 0.3 is 0 Å². The number of aliphatic hydroxyl groups is 2. The zero-order valence-corrected chi connectivity index (χ0v) is 34.5. The lowest BCUT2D eigenvalue weighted by Crippen LogP contribution is -2.36. The van der Waals surface area contributed by atoms with Crippen LogP contribution in [0.1, 0.15) is 75.5 Å². The van der Waals surface area contributed by atoms with Crippen molar-refractivity contribution in [3.05, 3.63) is 111 Å². The van der Waals surface area contributed by atoms with Gasteiger partial charge in [-0.2, -0.15) is 29.8 Å². The third-order valence-corrected chi connectivity index (χ3v) is 14.6. The molecule has 2 aromatic rings. The number of fused-ring (bicyclic) bond motifs is 6. The maximum absolute atomic E-state index is 12.1. The maximum Gasteiger partial charge on any atom is 0.294 e. The molecule has 1 fully saturated rings. The highest BCUT2D eigenvalue weighted by atomic mass is 32.2. The summed E-state index contributed by atoms with van der Waals surface area (Å²) < 4.78 is 101. The summed E-state index contributed by atoms with van der Waals surface area (Å²) in [5.74, 6) is -1.62. The van der Waals surface area contributed by atoms with Crippen LogP contribution in [0.2, 0.25) is 0 Å². The van der Waals surface area contributed by atoms with Gasteiger partial charge < -0.3 is 15.1 Å². The van der Waals surface area contributed by atoms with Crippen molar-refractivity contribution >= 4 is 47.4 Å². The fourth-order valence-corrected chi connectivity index (χ4v) is 11.4. The third kappa shape index (κ3) is 8.15. The zero-order chi connectivity index (χ0) is 41.3. The first-order chi connectivity index (χ1) is 26.6. The molecule has 4 atom stereocenters. The van der Waals surface area contributed by atoms with E-state index in [4.69, 9.17) is 0 Å². The second-order valence-corrected chi connectivity index (χ2v) is 20.8. The lowest BCUT2D eigenvalue weighted by atomic mass is 9.81. The van der Waals surface area contributed by atoms with Crippen LogP contribution in [-0.4, -0.2) is 96.2 Å². The van der Waals surface area contributed by atoms with Gasteiger partial charge in [-0.15, -0.1) is 0 Å². The fraction of sp³-hybridized carbons (Fsp3) is 0.439. The van der Waals surface area contributed by atoms with Gasteiger partial charge in [-0.1, -0.05) is 48.1 Å². The van der Waals surface area contributed by atoms with Crippen LogP contribution in [0.25, 0.3) is 0 Å². The standard InChI is InChI=1S/C41H48N2O11S3/c1-26-11-13-36-34(19-26)41(3)18-16-33(39(41)43(36)23-31(45)25-56(49,50)51)29-10-6-8-27(20-29)7-4-5-9-28-15-17-40(2)35-21-32(57(52,53)54)12-14-37(35)42(38(28)40)22-30(44)24-55(46,47)48/h4-5,7,9,11-14,19-21,30-31,44-45H,6,8,10,15-18,22-25H2,1-3H3,(H2-,46,47,48,49,50,51,52,53,54)/p+1. The normalized spacial score (nSPS) is 26.0. The monoisotopic (exact) mass is 841 g/mol. The summed E-state index contributed by atoms with van der Waals surface area (Å²) in [6.07, 6.45) is 13.0. The molecule has 16 heteroatoms. The number of hydrogen-bond donors (Lipinski definition) is 5. The predicted molar refractivity (Wildman–Crippen MR) is 217 cm³/mol. The molecule has 3 aliphatic carbocycles. The van der Waals surface area contributed by atoms with E-state index >= 15 is 0 Å². The summed E-state index contributed by atoms with van der Waals surface area (Å²) >= 11 is 0. The Labute approximate surface area is 334 Å². The van der Waals surface area contributed by atoms with Crippen LogP contribution in [-0.2, 0) is 41.2 Å². The van der Waals surface area contributed by atoms with E-state index in [2.05, 4.69) is 25.1 Å². The van der Waals surface area contributed by atoms with E-state index < -0.39 is 59.5 Å². The molecule has 0 radical (unpaired) electrons. The third-order valence-electron chi connectivity index (χ3n) is 12.1. The van der Waals surface area contributed by atoms with Gasteiger partial charge in [-0.3, -0.25) is 13.7 Å². The Balaban J connectivity index is 1.20. The minimum Gasteiger partial charge on any atom is -0.390 e. The molecule has 0 spiro atoms. The van der Waals surface area contributed by atoms with Crippen molar-refractivity contribution in [1.29, 1.82) is 0 Å². The average molecular weight is 842 g/mol.